The van der Waals surface area contributed by atoms with E-state index in [-0.39, 0.29) is 92.9 Å². The molecule has 0 unspecified atom stereocenters. The first-order chi connectivity index (χ1) is 42.7. The molecular formula is C49H37N7O27S8. The summed E-state index contributed by atoms with van der Waals surface area (Å²) >= 11 is 0.997. The molecule has 34 nitrogen and oxygen atoms in total. The van der Waals surface area contributed by atoms with E-state index < -0.39 is 114 Å². The Balaban J connectivity index is 1.06. The van der Waals surface area contributed by atoms with E-state index in [1.54, 1.807) is 0 Å². The number of phenolic OH excluding ortho intramolecular Hbond substituents is 2. The number of aryl methyl sites for hydroxylation is 1. The van der Waals surface area contributed by atoms with Crippen LogP contribution >= 0.6 is 36.1 Å². The minimum absolute atomic E-state index is 0.00734. The van der Waals surface area contributed by atoms with Crippen molar-refractivity contribution in [2.75, 3.05) is 5.73 Å². The van der Waals surface area contributed by atoms with E-state index in [0.29, 0.717) is 30.2 Å². The number of anilines is 1. The average molecular weight is 1410 g/mol. The molecule has 0 radical (unpaired) electrons. The van der Waals surface area contributed by atoms with Gasteiger partial charge >= 0.3 is 0 Å². The summed E-state index contributed by atoms with van der Waals surface area (Å²) in [6.45, 7) is 1.39. The average Bonchev–Trinajstić information content (AvgIpc) is 0.813. The van der Waals surface area contributed by atoms with Crippen molar-refractivity contribution in [3.8, 4) is 11.5 Å². The van der Waals surface area contributed by atoms with Gasteiger partial charge in [-0.15, -0.1) is 23.2 Å². The first-order valence-corrected chi connectivity index (χ1v) is 33.3. The van der Waals surface area contributed by atoms with Crippen molar-refractivity contribution in [2.45, 2.75) is 46.1 Å². The molecule has 0 aromatic heterocycles. The Morgan fingerprint density at radius 3 is 1.41 bits per heavy atom. The van der Waals surface area contributed by atoms with Gasteiger partial charge in [0, 0.05) is 43.7 Å². The van der Waals surface area contributed by atoms with Gasteiger partial charge in [-0.3, -0.25) is 22.8 Å². The summed E-state index contributed by atoms with van der Waals surface area (Å²) in [5.74, 6) is -1.73. The van der Waals surface area contributed by atoms with Crippen LogP contribution in [-0.2, 0) is 78.7 Å². The molecule has 42 heteroatoms. The molecule has 8 aromatic carbocycles. The normalized spacial score (nSPS) is 13.1. The van der Waals surface area contributed by atoms with Gasteiger partial charge in [0.15, 0.2) is 11.5 Å². The molecule has 0 spiro atoms. The van der Waals surface area contributed by atoms with E-state index in [1.807, 2.05) is 0 Å². The summed E-state index contributed by atoms with van der Waals surface area (Å²) in [6, 6.07) is 20.0. The number of aromatic hydroxyl groups is 2. The number of hydrogen-bond donors (Lipinski definition) is 11. The summed E-state index contributed by atoms with van der Waals surface area (Å²) in [6.07, 6.45) is 4.87. The largest absolute Gasteiger partial charge is 0.594 e. The third-order valence-corrected chi connectivity index (χ3v) is 18.9. The van der Waals surface area contributed by atoms with Gasteiger partial charge in [0.2, 0.25) is 5.69 Å². The van der Waals surface area contributed by atoms with E-state index in [4.69, 9.17) is 21.5 Å². The number of hydrogen-bond acceptors (Lipinski definition) is 31. The lowest BCUT2D eigenvalue weighted by Gasteiger charge is -2.13. The Morgan fingerprint density at radius 1 is 0.451 bits per heavy atom. The molecular weight excluding hydrogens is 1380 g/mol. The summed E-state index contributed by atoms with van der Waals surface area (Å²) in [7, 11) is -25.6. The third-order valence-electron chi connectivity index (χ3n) is 12.2. The molecule has 91 heavy (non-hydrogen) atoms. The van der Waals surface area contributed by atoms with E-state index in [1.165, 1.54) is 73.7 Å². The molecule has 0 saturated carbocycles. The number of rotatable bonds is 24. The molecule has 0 aliphatic heterocycles. The highest BCUT2D eigenvalue weighted by Gasteiger charge is 2.29. The zero-order chi connectivity index (χ0) is 66.5. The zero-order valence-electron chi connectivity index (χ0n) is 44.6. The SMILES string of the molecule is Cc1ccc2c(O)c(N=Nc3ccc(/C=C/c4ccc(N=[N+]([O-])c5ccc(/C=C/c6ccc(N=Nc7c(S(=O)(=O)O)cc8c(S(=O)(=O)O)c(N)ccc8c7O)cc6S(=O)(=O)O)c(SOOO)c5)cc4S(=O)(=O)O)c(SOOO)c3)c(SOOO)cc2c1S(=O)(=O)O. The number of azo groups is 3. The van der Waals surface area contributed by atoms with Crippen LogP contribution in [0.1, 0.15) is 27.8 Å². The van der Waals surface area contributed by atoms with Gasteiger partial charge in [-0.05, 0) is 101 Å². The van der Waals surface area contributed by atoms with Crippen LogP contribution in [0.5, 0.6) is 11.5 Å². The van der Waals surface area contributed by atoms with Crippen molar-refractivity contribution < 1.29 is 124 Å². The van der Waals surface area contributed by atoms with Crippen LogP contribution in [0.15, 0.2) is 174 Å². The molecule has 0 aliphatic carbocycles. The van der Waals surface area contributed by atoms with Crippen LogP contribution in [-0.4, -0.2) is 95.7 Å². The zero-order valence-corrected chi connectivity index (χ0v) is 51.2. The number of nitrogen functional groups attached to an aromatic ring is 1. The van der Waals surface area contributed by atoms with Gasteiger partial charge in [-0.2, -0.15) is 52.3 Å². The van der Waals surface area contributed by atoms with Crippen molar-refractivity contribution in [3.63, 3.8) is 0 Å². The van der Waals surface area contributed by atoms with Gasteiger partial charge in [0.1, 0.15) is 41.5 Å². The standard InChI is InChI=1S/C49H37N7O27S8/c1-24-2-15-33-35(48(24)90(72,73)74)22-40(86-83-80-62)44(46(33)57)53-51-29-11-7-25(38(18-29)84-81-78-60)3-5-28-9-13-31(20-42(28)88(66,67)68)55-56(59)32-14-10-26(39(21-32)85-82-79-61)4-6-27-8-12-30(19-41(27)87(63,64)65)52-54-45-43(89(69,70)71)23-36-34(47(45)58)16-17-37(50)49(36)91(75,76)77/h2-23,57-58,60-62H,50H2,1H3,(H,63,64,65)(H,66,67,68)(H,69,70,71)(H,72,73,74)(H,75,76,77)/b5-3+,6-4+,53-51?,54-52?,56-55?. The number of phenols is 2. The van der Waals surface area contributed by atoms with Gasteiger partial charge in [0.25, 0.3) is 50.6 Å². The maximum atomic E-state index is 13.5. The minimum Gasteiger partial charge on any atom is -0.594 e. The fourth-order valence-electron chi connectivity index (χ4n) is 8.43. The van der Waals surface area contributed by atoms with Crippen molar-refractivity contribution in [3.05, 3.63) is 142 Å². The highest BCUT2D eigenvalue weighted by Crippen LogP contribution is 2.48. The Bertz CT molecular complexity index is 5020. The van der Waals surface area contributed by atoms with Crippen molar-refractivity contribution in [2.24, 2.45) is 25.6 Å². The lowest BCUT2D eigenvalue weighted by molar-refractivity contribution is -0.435. The first kappa shape index (κ1) is 68.9. The van der Waals surface area contributed by atoms with Gasteiger partial charge in [-0.25, -0.2) is 15.8 Å². The fraction of sp³-hybridized carbons (Fsp3) is 0.0204. The maximum absolute atomic E-state index is 13.5. The lowest BCUT2D eigenvalue weighted by atomic mass is 10.1. The number of nitrogens with two attached hydrogens (primary N) is 1. The van der Waals surface area contributed by atoms with Gasteiger partial charge in [-0.1, -0.05) is 74.6 Å². The van der Waals surface area contributed by atoms with Crippen LogP contribution in [0, 0.1) is 12.1 Å². The lowest BCUT2D eigenvalue weighted by Crippen LogP contribution is -2.06. The monoisotopic (exact) mass is 1410 g/mol. The second-order valence-electron chi connectivity index (χ2n) is 17.9. The second kappa shape index (κ2) is 27.8. The minimum atomic E-state index is -5.37. The fourth-order valence-corrected chi connectivity index (χ4v) is 13.7. The number of benzene rings is 8. The van der Waals surface area contributed by atoms with Crippen LogP contribution in [0.4, 0.5) is 39.8 Å². The molecule has 12 N–H and O–H groups in total. The first-order valence-electron chi connectivity index (χ1n) is 23.9. The summed E-state index contributed by atoms with van der Waals surface area (Å²) in [5.41, 5.74) is 2.76. The number of fused-ring (bicyclic) bond motifs is 2. The maximum Gasteiger partial charge on any atom is 0.297 e. The second-order valence-corrected chi connectivity index (χ2v) is 27.0. The van der Waals surface area contributed by atoms with E-state index in [9.17, 15) is 80.3 Å². The van der Waals surface area contributed by atoms with Crippen molar-refractivity contribution >= 4 is 172 Å². The predicted molar refractivity (Wildman–Crippen MR) is 319 cm³/mol. The Morgan fingerprint density at radius 2 is 0.879 bits per heavy atom. The van der Waals surface area contributed by atoms with Crippen LogP contribution < -0.4 is 5.73 Å². The molecule has 8 rings (SSSR count). The summed E-state index contributed by atoms with van der Waals surface area (Å²) in [4.78, 5) is -4.51. The van der Waals surface area contributed by atoms with Crippen molar-refractivity contribution in [1.29, 1.82) is 0 Å². The molecule has 8 aromatic rings. The quantitative estimate of drug-likeness (QED) is 0.00391. The van der Waals surface area contributed by atoms with Crippen LogP contribution in [0.3, 0.4) is 0 Å². The molecule has 0 aliphatic rings. The molecule has 0 bridgehead atoms. The topological polar surface area (TPSA) is 542 Å². The van der Waals surface area contributed by atoms with Gasteiger partial charge in [0.05, 0.1) is 63.0 Å². The third kappa shape index (κ3) is 16.2. The molecule has 478 valence electrons. The molecule has 0 saturated heterocycles. The molecule has 0 amide bonds. The molecule has 0 fully saturated rings. The number of nitrogens with zero attached hydrogens (tertiary/aromatic N) is 6. The van der Waals surface area contributed by atoms with Gasteiger partial charge < -0.3 is 21.2 Å². The summed E-state index contributed by atoms with van der Waals surface area (Å²) in [5, 5.41) is 91.7. The Kier molecular flexibility index (Phi) is 21.1. The Labute approximate surface area is 524 Å². The van der Waals surface area contributed by atoms with E-state index >= 15 is 0 Å². The van der Waals surface area contributed by atoms with Crippen LogP contribution in [0.2, 0.25) is 0 Å². The molecule has 0 heterocycles. The Hall–Kier alpha value is -8.00. The van der Waals surface area contributed by atoms with E-state index in [0.717, 1.165) is 60.7 Å². The van der Waals surface area contributed by atoms with Crippen LogP contribution in [0.25, 0.3) is 45.8 Å². The smallest absolute Gasteiger partial charge is 0.297 e. The highest BCUT2D eigenvalue weighted by molar-refractivity contribution is 7.95. The van der Waals surface area contributed by atoms with E-state index in [2.05, 4.69) is 53.7 Å². The predicted octanol–water partition coefficient (Wildman–Crippen LogP) is 11.9. The molecule has 0 atom stereocenters. The van der Waals surface area contributed by atoms with Crippen molar-refractivity contribution in [1.82, 2.24) is 0 Å². The summed E-state index contributed by atoms with van der Waals surface area (Å²) < 4.78 is 188. The highest BCUT2D eigenvalue weighted by atomic mass is 32.2.